The Balaban J connectivity index is 1.59. The van der Waals surface area contributed by atoms with Gasteiger partial charge in [-0.3, -0.25) is 4.18 Å². The summed E-state index contributed by atoms with van der Waals surface area (Å²) in [6.45, 7) is 1.97. The van der Waals surface area contributed by atoms with Gasteiger partial charge in [0.25, 0.3) is 10.1 Å². The van der Waals surface area contributed by atoms with Crippen molar-refractivity contribution in [2.75, 3.05) is 6.61 Å². The van der Waals surface area contributed by atoms with Gasteiger partial charge in [0, 0.05) is 0 Å². The Kier molecular flexibility index (Phi) is 5.51. The second kappa shape index (κ2) is 7.63. The lowest BCUT2D eigenvalue weighted by atomic mass is 10.1. The van der Waals surface area contributed by atoms with E-state index in [0.29, 0.717) is 0 Å². The van der Waals surface area contributed by atoms with E-state index in [1.165, 1.54) is 12.1 Å². The Bertz CT molecular complexity index is 789. The number of hydrogen-bond acceptors (Lipinski definition) is 6. The van der Waals surface area contributed by atoms with Crippen molar-refractivity contribution in [2.24, 2.45) is 0 Å². The number of hydrogen-bond donors (Lipinski definition) is 1. The van der Waals surface area contributed by atoms with Crippen LogP contribution in [0.2, 0.25) is 0 Å². The SMILES string of the molecule is Cc1ccc(S(=O)(=O)OC[C@H](O)C2OCc3ccccc3CO2)cc1. The molecule has 0 bridgehead atoms. The molecular formula is C18H20O6S. The molecule has 3 rings (SSSR count). The zero-order valence-electron chi connectivity index (χ0n) is 13.8. The van der Waals surface area contributed by atoms with Crippen molar-refractivity contribution < 1.29 is 27.2 Å². The fourth-order valence-electron chi connectivity index (χ4n) is 2.46. The van der Waals surface area contributed by atoms with Crippen LogP contribution in [0.4, 0.5) is 0 Å². The number of fused-ring (bicyclic) bond motifs is 1. The molecule has 0 unspecified atom stereocenters. The van der Waals surface area contributed by atoms with Crippen molar-refractivity contribution in [1.82, 2.24) is 0 Å². The van der Waals surface area contributed by atoms with E-state index < -0.39 is 29.1 Å². The van der Waals surface area contributed by atoms with Crippen molar-refractivity contribution >= 4 is 10.1 Å². The Morgan fingerprint density at radius 3 is 2.20 bits per heavy atom. The van der Waals surface area contributed by atoms with Gasteiger partial charge in [-0.05, 0) is 30.2 Å². The highest BCUT2D eigenvalue weighted by Crippen LogP contribution is 2.20. The summed E-state index contributed by atoms with van der Waals surface area (Å²) in [7, 11) is -3.94. The zero-order valence-corrected chi connectivity index (χ0v) is 14.6. The van der Waals surface area contributed by atoms with Crippen molar-refractivity contribution in [2.45, 2.75) is 37.4 Å². The number of aryl methyl sites for hydroxylation is 1. The van der Waals surface area contributed by atoms with E-state index >= 15 is 0 Å². The van der Waals surface area contributed by atoms with E-state index in [-0.39, 0.29) is 18.1 Å². The van der Waals surface area contributed by atoms with Gasteiger partial charge in [-0.2, -0.15) is 8.42 Å². The second-order valence-electron chi connectivity index (χ2n) is 5.88. The molecule has 0 aromatic heterocycles. The molecule has 25 heavy (non-hydrogen) atoms. The molecular weight excluding hydrogens is 344 g/mol. The third-order valence-corrected chi connectivity index (χ3v) is 5.24. The van der Waals surface area contributed by atoms with Crippen molar-refractivity contribution in [1.29, 1.82) is 0 Å². The highest BCUT2D eigenvalue weighted by atomic mass is 32.2. The first-order chi connectivity index (χ1) is 12.0. The van der Waals surface area contributed by atoms with Crippen LogP contribution in [0.25, 0.3) is 0 Å². The predicted octanol–water partition coefficient (Wildman–Crippen LogP) is 2.13. The summed E-state index contributed by atoms with van der Waals surface area (Å²) >= 11 is 0. The monoisotopic (exact) mass is 364 g/mol. The van der Waals surface area contributed by atoms with Gasteiger partial charge in [-0.1, -0.05) is 42.0 Å². The summed E-state index contributed by atoms with van der Waals surface area (Å²) in [6.07, 6.45) is -2.19. The largest absolute Gasteiger partial charge is 0.385 e. The number of aliphatic hydroxyl groups is 1. The number of aliphatic hydroxyl groups excluding tert-OH is 1. The molecule has 7 heteroatoms. The van der Waals surface area contributed by atoms with Gasteiger partial charge in [-0.25, -0.2) is 0 Å². The van der Waals surface area contributed by atoms with Gasteiger partial charge in [0.15, 0.2) is 6.29 Å². The zero-order chi connectivity index (χ0) is 17.9. The molecule has 6 nitrogen and oxygen atoms in total. The molecule has 0 spiro atoms. The molecule has 134 valence electrons. The average molecular weight is 364 g/mol. The smallest absolute Gasteiger partial charge is 0.297 e. The molecule has 1 aliphatic rings. The maximum atomic E-state index is 12.2. The fourth-order valence-corrected chi connectivity index (χ4v) is 3.39. The quantitative estimate of drug-likeness (QED) is 0.819. The Morgan fingerprint density at radius 2 is 1.64 bits per heavy atom. The molecule has 1 atom stereocenters. The molecule has 0 amide bonds. The van der Waals surface area contributed by atoms with Gasteiger partial charge in [0.05, 0.1) is 24.7 Å². The standard InChI is InChI=1S/C18H20O6S/c1-13-6-8-16(9-7-13)25(20,21)24-12-17(19)18-22-10-14-4-2-3-5-15(14)11-23-18/h2-9,17-19H,10-12H2,1H3/t17-/m0/s1. The van der Waals surface area contributed by atoms with Gasteiger partial charge >= 0.3 is 0 Å². The van der Waals surface area contributed by atoms with Crippen LogP contribution >= 0.6 is 0 Å². The molecule has 0 radical (unpaired) electrons. The summed E-state index contributed by atoms with van der Waals surface area (Å²) in [5.74, 6) is 0. The summed E-state index contributed by atoms with van der Waals surface area (Å²) in [6, 6.07) is 13.9. The van der Waals surface area contributed by atoms with Gasteiger partial charge < -0.3 is 14.6 Å². The first-order valence-corrected chi connectivity index (χ1v) is 9.31. The van der Waals surface area contributed by atoms with Crippen LogP contribution in [-0.2, 0) is 37.0 Å². The molecule has 0 aliphatic carbocycles. The molecule has 1 N–H and O–H groups in total. The van der Waals surface area contributed by atoms with E-state index in [1.807, 2.05) is 31.2 Å². The molecule has 0 saturated carbocycles. The number of rotatable bonds is 5. The Labute approximate surface area is 147 Å². The van der Waals surface area contributed by atoms with Crippen molar-refractivity contribution in [3.8, 4) is 0 Å². The average Bonchev–Trinajstić information content (AvgIpc) is 2.83. The Hall–Kier alpha value is -1.77. The van der Waals surface area contributed by atoms with E-state index in [0.717, 1.165) is 16.7 Å². The lowest BCUT2D eigenvalue weighted by molar-refractivity contribution is -0.204. The van der Waals surface area contributed by atoms with E-state index in [9.17, 15) is 13.5 Å². The third-order valence-electron chi connectivity index (χ3n) is 3.94. The topological polar surface area (TPSA) is 82.1 Å². The predicted molar refractivity (Wildman–Crippen MR) is 90.1 cm³/mol. The van der Waals surface area contributed by atoms with Crippen LogP contribution in [0.5, 0.6) is 0 Å². The Morgan fingerprint density at radius 1 is 1.08 bits per heavy atom. The summed E-state index contributed by atoms with van der Waals surface area (Å²) in [5, 5.41) is 10.2. The maximum absolute atomic E-state index is 12.2. The molecule has 0 fully saturated rings. The van der Waals surface area contributed by atoms with E-state index in [1.54, 1.807) is 12.1 Å². The van der Waals surface area contributed by atoms with Gasteiger partial charge in [0.1, 0.15) is 6.10 Å². The second-order valence-corrected chi connectivity index (χ2v) is 7.49. The molecule has 0 saturated heterocycles. The summed E-state index contributed by atoms with van der Waals surface area (Å²) in [4.78, 5) is 0.0420. The van der Waals surface area contributed by atoms with Gasteiger partial charge in [-0.15, -0.1) is 0 Å². The minimum absolute atomic E-state index is 0.0420. The summed E-state index contributed by atoms with van der Waals surface area (Å²) in [5.41, 5.74) is 2.90. The first kappa shape index (κ1) is 18.0. The molecule has 1 aliphatic heterocycles. The maximum Gasteiger partial charge on any atom is 0.297 e. The fraction of sp³-hybridized carbons (Fsp3) is 0.333. The molecule has 1 heterocycles. The number of ether oxygens (including phenoxy) is 2. The molecule has 2 aromatic rings. The molecule has 2 aromatic carbocycles. The lowest BCUT2D eigenvalue weighted by Crippen LogP contribution is -2.35. The van der Waals surface area contributed by atoms with Crippen LogP contribution < -0.4 is 0 Å². The van der Waals surface area contributed by atoms with Crippen LogP contribution in [-0.4, -0.2) is 32.5 Å². The van der Waals surface area contributed by atoms with Crippen LogP contribution in [0.1, 0.15) is 16.7 Å². The van der Waals surface area contributed by atoms with Crippen LogP contribution in [0.15, 0.2) is 53.4 Å². The van der Waals surface area contributed by atoms with Crippen molar-refractivity contribution in [3.05, 3.63) is 65.2 Å². The van der Waals surface area contributed by atoms with Gasteiger partial charge in [0.2, 0.25) is 0 Å². The lowest BCUT2D eigenvalue weighted by Gasteiger charge is -2.21. The van der Waals surface area contributed by atoms with E-state index in [2.05, 4.69) is 0 Å². The summed E-state index contributed by atoms with van der Waals surface area (Å²) < 4.78 is 40.3. The third kappa shape index (κ3) is 4.45. The van der Waals surface area contributed by atoms with Crippen LogP contribution in [0.3, 0.4) is 0 Å². The van der Waals surface area contributed by atoms with Crippen LogP contribution in [0, 0.1) is 6.92 Å². The van der Waals surface area contributed by atoms with E-state index in [4.69, 9.17) is 13.7 Å². The minimum atomic E-state index is -3.94. The highest BCUT2D eigenvalue weighted by Gasteiger charge is 2.27. The first-order valence-electron chi connectivity index (χ1n) is 7.90. The normalized spacial score (nSPS) is 16.9. The van der Waals surface area contributed by atoms with Crippen molar-refractivity contribution in [3.63, 3.8) is 0 Å². The number of benzene rings is 2. The highest BCUT2D eigenvalue weighted by molar-refractivity contribution is 7.86. The minimum Gasteiger partial charge on any atom is -0.385 e.